The van der Waals surface area contributed by atoms with Crippen LogP contribution in [0, 0.1) is 0 Å². The fourth-order valence-corrected chi connectivity index (χ4v) is 2.84. The number of aliphatic hydroxyl groups is 1. The molecule has 1 amide bonds. The Labute approximate surface area is 143 Å². The van der Waals surface area contributed by atoms with Crippen molar-refractivity contribution in [2.24, 2.45) is 5.10 Å². The summed E-state index contributed by atoms with van der Waals surface area (Å²) in [5.74, 6) is -0.393. The second kappa shape index (κ2) is 5.96. The largest absolute Gasteiger partial charge is 0.365 e. The Bertz CT molecular complexity index is 772. The monoisotopic (exact) mass is 348 g/mol. The maximum atomic E-state index is 12.7. The molecule has 2 aromatic rings. The summed E-state index contributed by atoms with van der Waals surface area (Å²) in [7, 11) is 0. The fourth-order valence-electron chi connectivity index (χ4n) is 2.59. The van der Waals surface area contributed by atoms with E-state index < -0.39 is 11.6 Å². The van der Waals surface area contributed by atoms with Crippen LogP contribution in [0.5, 0.6) is 0 Å². The van der Waals surface area contributed by atoms with Crippen molar-refractivity contribution in [2.45, 2.75) is 19.1 Å². The molecule has 1 aliphatic heterocycles. The van der Waals surface area contributed by atoms with E-state index in [1.54, 1.807) is 55.5 Å². The quantitative estimate of drug-likeness (QED) is 0.889. The molecule has 0 aromatic heterocycles. The zero-order valence-corrected chi connectivity index (χ0v) is 13.8. The Hall–Kier alpha value is -1.88. The highest BCUT2D eigenvalue weighted by molar-refractivity contribution is 6.30. The van der Waals surface area contributed by atoms with E-state index in [9.17, 15) is 9.90 Å². The van der Waals surface area contributed by atoms with Crippen LogP contribution in [0.1, 0.15) is 29.3 Å². The topological polar surface area (TPSA) is 52.9 Å². The summed E-state index contributed by atoms with van der Waals surface area (Å²) in [6.07, 6.45) is 0.244. The molecular formula is C17H14Cl2N2O2. The van der Waals surface area contributed by atoms with Gasteiger partial charge in [0.25, 0.3) is 5.91 Å². The molecule has 0 saturated carbocycles. The summed E-state index contributed by atoms with van der Waals surface area (Å²) in [4.78, 5) is 12.7. The lowest BCUT2D eigenvalue weighted by Crippen LogP contribution is -2.43. The maximum Gasteiger partial charge on any atom is 0.276 e. The van der Waals surface area contributed by atoms with Crippen molar-refractivity contribution in [1.82, 2.24) is 5.01 Å². The Morgan fingerprint density at radius 3 is 2.17 bits per heavy atom. The normalized spacial score (nSPS) is 20.5. The van der Waals surface area contributed by atoms with Crippen LogP contribution >= 0.6 is 23.2 Å². The molecule has 1 heterocycles. The lowest BCUT2D eigenvalue weighted by atomic mass is 9.97. The van der Waals surface area contributed by atoms with Crippen LogP contribution in [0.2, 0.25) is 10.0 Å². The smallest absolute Gasteiger partial charge is 0.276 e. The molecule has 0 radical (unpaired) electrons. The van der Waals surface area contributed by atoms with Gasteiger partial charge < -0.3 is 5.11 Å². The van der Waals surface area contributed by atoms with Crippen molar-refractivity contribution in [1.29, 1.82) is 0 Å². The predicted octanol–water partition coefficient (Wildman–Crippen LogP) is 4.06. The van der Waals surface area contributed by atoms with Crippen LogP contribution in [0.15, 0.2) is 53.6 Å². The van der Waals surface area contributed by atoms with Gasteiger partial charge in [0.2, 0.25) is 0 Å². The van der Waals surface area contributed by atoms with Crippen LogP contribution in [-0.2, 0) is 5.72 Å². The Morgan fingerprint density at radius 2 is 1.61 bits per heavy atom. The summed E-state index contributed by atoms with van der Waals surface area (Å²) in [6, 6.07) is 13.2. The van der Waals surface area contributed by atoms with Gasteiger partial charge in [0.15, 0.2) is 5.72 Å². The third kappa shape index (κ3) is 2.98. The Morgan fingerprint density at radius 1 is 1.09 bits per heavy atom. The second-order valence-electron chi connectivity index (χ2n) is 5.46. The minimum absolute atomic E-state index is 0.244. The molecule has 118 valence electrons. The molecule has 0 fully saturated rings. The Balaban J connectivity index is 1.99. The van der Waals surface area contributed by atoms with Crippen LogP contribution in [-0.4, -0.2) is 21.7 Å². The van der Waals surface area contributed by atoms with E-state index in [0.29, 0.717) is 26.9 Å². The number of rotatable bonds is 2. The zero-order chi connectivity index (χ0) is 16.6. The van der Waals surface area contributed by atoms with Gasteiger partial charge in [-0.2, -0.15) is 10.1 Å². The number of nitrogens with zero attached hydrogens (tertiary/aromatic N) is 2. The predicted molar refractivity (Wildman–Crippen MR) is 90.7 cm³/mol. The molecule has 1 N–H and O–H groups in total. The number of hydrogen-bond donors (Lipinski definition) is 1. The average Bonchev–Trinajstić information content (AvgIpc) is 2.84. The minimum atomic E-state index is -1.52. The summed E-state index contributed by atoms with van der Waals surface area (Å²) in [5, 5.41) is 17.5. The second-order valence-corrected chi connectivity index (χ2v) is 6.33. The third-order valence-electron chi connectivity index (χ3n) is 3.71. The van der Waals surface area contributed by atoms with Crippen LogP contribution in [0.25, 0.3) is 0 Å². The molecule has 2 aromatic carbocycles. The van der Waals surface area contributed by atoms with Crippen LogP contribution in [0.4, 0.5) is 0 Å². The molecule has 6 heteroatoms. The standard InChI is InChI=1S/C17H14Cl2N2O2/c1-11-10-17(23,13-4-8-15(19)9-5-13)21(20-11)16(22)12-2-6-14(18)7-3-12/h2-9,23H,10H2,1H3. The van der Waals surface area contributed by atoms with Crippen molar-refractivity contribution in [3.8, 4) is 0 Å². The number of halogens is 2. The van der Waals surface area contributed by atoms with E-state index >= 15 is 0 Å². The van der Waals surface area contributed by atoms with Crippen molar-refractivity contribution in [2.75, 3.05) is 0 Å². The zero-order valence-electron chi connectivity index (χ0n) is 12.3. The van der Waals surface area contributed by atoms with Gasteiger partial charge in [-0.15, -0.1) is 0 Å². The summed E-state index contributed by atoms with van der Waals surface area (Å²) in [6.45, 7) is 1.77. The lowest BCUT2D eigenvalue weighted by molar-refractivity contribution is -0.0765. The molecule has 0 bridgehead atoms. The van der Waals surface area contributed by atoms with Crippen molar-refractivity contribution >= 4 is 34.8 Å². The van der Waals surface area contributed by atoms with Gasteiger partial charge in [0.05, 0.1) is 0 Å². The van der Waals surface area contributed by atoms with E-state index in [-0.39, 0.29) is 6.42 Å². The van der Waals surface area contributed by atoms with Gasteiger partial charge >= 0.3 is 0 Å². The van der Waals surface area contributed by atoms with E-state index in [1.165, 1.54) is 0 Å². The molecule has 0 saturated heterocycles. The summed E-state index contributed by atoms with van der Waals surface area (Å²) < 4.78 is 0. The van der Waals surface area contributed by atoms with Gasteiger partial charge in [-0.25, -0.2) is 0 Å². The van der Waals surface area contributed by atoms with E-state index in [4.69, 9.17) is 23.2 Å². The van der Waals surface area contributed by atoms with Gasteiger partial charge in [-0.05, 0) is 43.3 Å². The highest BCUT2D eigenvalue weighted by atomic mass is 35.5. The molecule has 1 atom stereocenters. The van der Waals surface area contributed by atoms with E-state index in [2.05, 4.69) is 5.10 Å². The van der Waals surface area contributed by atoms with Crippen molar-refractivity contribution in [3.05, 3.63) is 69.7 Å². The minimum Gasteiger partial charge on any atom is -0.365 e. The number of carbonyl (C=O) groups is 1. The van der Waals surface area contributed by atoms with Gasteiger partial charge in [-0.1, -0.05) is 35.3 Å². The molecule has 3 rings (SSSR count). The summed E-state index contributed by atoms with van der Waals surface area (Å²) >= 11 is 11.8. The molecule has 1 aliphatic rings. The molecule has 1 unspecified atom stereocenters. The number of carbonyl (C=O) groups excluding carboxylic acids is 1. The molecule has 0 aliphatic carbocycles. The first-order valence-corrected chi connectivity index (χ1v) is 7.78. The highest BCUT2D eigenvalue weighted by Crippen LogP contribution is 2.36. The van der Waals surface area contributed by atoms with Gasteiger partial charge in [-0.3, -0.25) is 4.79 Å². The molecule has 0 spiro atoms. The molecular weight excluding hydrogens is 335 g/mol. The number of amides is 1. The number of benzene rings is 2. The van der Waals surface area contributed by atoms with E-state index in [0.717, 1.165) is 5.01 Å². The first kappa shape index (κ1) is 16.0. The van der Waals surface area contributed by atoms with Gasteiger partial charge in [0, 0.05) is 33.3 Å². The summed E-state index contributed by atoms with van der Waals surface area (Å²) in [5.41, 5.74) is 0.112. The van der Waals surface area contributed by atoms with Crippen molar-refractivity contribution in [3.63, 3.8) is 0 Å². The lowest BCUT2D eigenvalue weighted by Gasteiger charge is -2.31. The van der Waals surface area contributed by atoms with E-state index in [1.807, 2.05) is 0 Å². The highest BCUT2D eigenvalue weighted by Gasteiger charge is 2.45. The molecule has 23 heavy (non-hydrogen) atoms. The third-order valence-corrected chi connectivity index (χ3v) is 4.22. The maximum absolute atomic E-state index is 12.7. The first-order chi connectivity index (χ1) is 10.9. The number of hydrazone groups is 1. The molecule has 4 nitrogen and oxygen atoms in total. The Kier molecular flexibility index (Phi) is 4.15. The first-order valence-electron chi connectivity index (χ1n) is 7.03. The SMILES string of the molecule is CC1=NN(C(=O)c2ccc(Cl)cc2)C(O)(c2ccc(Cl)cc2)C1. The van der Waals surface area contributed by atoms with Crippen LogP contribution < -0.4 is 0 Å². The average molecular weight is 349 g/mol. The number of hydrogen-bond acceptors (Lipinski definition) is 3. The van der Waals surface area contributed by atoms with Crippen molar-refractivity contribution < 1.29 is 9.90 Å². The van der Waals surface area contributed by atoms with Crippen LogP contribution in [0.3, 0.4) is 0 Å². The fraction of sp³-hybridized carbons (Fsp3) is 0.176. The van der Waals surface area contributed by atoms with Gasteiger partial charge in [0.1, 0.15) is 0 Å².